The van der Waals surface area contributed by atoms with E-state index in [-0.39, 0.29) is 0 Å². The number of nitrogens with zero attached hydrogens (tertiary/aromatic N) is 5. The van der Waals surface area contributed by atoms with E-state index in [2.05, 4.69) is 25.9 Å². The van der Waals surface area contributed by atoms with Crippen LogP contribution in [0.25, 0.3) is 0 Å². The lowest BCUT2D eigenvalue weighted by molar-refractivity contribution is 0.750. The molecular formula is C15H15N5. The van der Waals surface area contributed by atoms with Crippen LogP contribution in [0.3, 0.4) is 0 Å². The van der Waals surface area contributed by atoms with Crippen LogP contribution in [0.4, 0.5) is 11.5 Å². The Hall–Kier alpha value is -2.48. The largest absolute Gasteiger partial charge is 0.325 e. The number of fused-ring (bicyclic) bond motifs is 1. The van der Waals surface area contributed by atoms with E-state index in [0.29, 0.717) is 5.69 Å². The van der Waals surface area contributed by atoms with Crippen molar-refractivity contribution in [3.05, 3.63) is 41.6 Å². The van der Waals surface area contributed by atoms with Crippen LogP contribution in [0, 0.1) is 18.3 Å². The first-order valence-electron chi connectivity index (χ1n) is 6.75. The highest BCUT2D eigenvalue weighted by Crippen LogP contribution is 2.30. The van der Waals surface area contributed by atoms with Crippen LogP contribution in [0.2, 0.25) is 0 Å². The summed E-state index contributed by atoms with van der Waals surface area (Å²) in [6, 6.07) is 7.77. The van der Waals surface area contributed by atoms with Gasteiger partial charge in [-0.05, 0) is 44.4 Å². The van der Waals surface area contributed by atoms with Gasteiger partial charge in [0.25, 0.3) is 0 Å². The number of hydrogen-bond acceptors (Lipinski definition) is 5. The molecule has 20 heavy (non-hydrogen) atoms. The van der Waals surface area contributed by atoms with E-state index in [0.717, 1.165) is 48.8 Å². The molecule has 0 radical (unpaired) electrons. The predicted octanol–water partition coefficient (Wildman–Crippen LogP) is 2.53. The molecule has 5 heteroatoms. The third kappa shape index (κ3) is 2.32. The molecular weight excluding hydrogens is 250 g/mol. The average molecular weight is 265 g/mol. The van der Waals surface area contributed by atoms with Gasteiger partial charge in [0, 0.05) is 12.7 Å². The maximum atomic E-state index is 8.98. The molecule has 0 saturated carbocycles. The first kappa shape index (κ1) is 12.5. The minimum atomic E-state index is 0.476. The summed E-state index contributed by atoms with van der Waals surface area (Å²) in [4.78, 5) is 15.3. The van der Waals surface area contributed by atoms with E-state index in [1.54, 1.807) is 12.3 Å². The topological polar surface area (TPSA) is 65.7 Å². The van der Waals surface area contributed by atoms with Crippen LogP contribution < -0.4 is 4.90 Å². The summed E-state index contributed by atoms with van der Waals surface area (Å²) in [5, 5.41) is 8.98. The molecule has 0 saturated heterocycles. The van der Waals surface area contributed by atoms with Crippen LogP contribution in [-0.4, -0.2) is 21.5 Å². The summed E-state index contributed by atoms with van der Waals surface area (Å²) >= 11 is 0. The second-order valence-corrected chi connectivity index (χ2v) is 4.84. The Labute approximate surface area is 117 Å². The fraction of sp³-hybridized carbons (Fsp3) is 0.333. The standard InChI is InChI=1S/C15H15N5/c1-11-17-8-7-15(18-11)20-9-3-2-4-13-14(20)6-5-12(10-16)19-13/h5-8H,2-4,9H2,1H3. The predicted molar refractivity (Wildman–Crippen MR) is 75.7 cm³/mol. The summed E-state index contributed by atoms with van der Waals surface area (Å²) in [6.07, 6.45) is 4.85. The second kappa shape index (κ2) is 5.25. The summed E-state index contributed by atoms with van der Waals surface area (Å²) in [7, 11) is 0. The molecule has 2 aromatic rings. The molecule has 3 heterocycles. The Kier molecular flexibility index (Phi) is 3.30. The SMILES string of the molecule is Cc1nccc(N2CCCCc3nc(C#N)ccc32)n1. The van der Waals surface area contributed by atoms with Crippen molar-refractivity contribution >= 4 is 11.5 Å². The van der Waals surface area contributed by atoms with Gasteiger partial charge in [0.15, 0.2) is 0 Å². The van der Waals surface area contributed by atoms with Gasteiger partial charge in [0.05, 0.1) is 11.4 Å². The molecule has 0 amide bonds. The maximum absolute atomic E-state index is 8.98. The lowest BCUT2D eigenvalue weighted by atomic mass is 10.2. The summed E-state index contributed by atoms with van der Waals surface area (Å²) in [6.45, 7) is 2.80. The highest BCUT2D eigenvalue weighted by molar-refractivity contribution is 5.63. The molecule has 100 valence electrons. The van der Waals surface area contributed by atoms with E-state index in [1.807, 2.05) is 19.1 Å². The molecule has 5 nitrogen and oxygen atoms in total. The third-order valence-electron chi connectivity index (χ3n) is 3.44. The van der Waals surface area contributed by atoms with Gasteiger partial charge in [-0.15, -0.1) is 0 Å². The van der Waals surface area contributed by atoms with Crippen LogP contribution in [0.1, 0.15) is 30.1 Å². The quantitative estimate of drug-likeness (QED) is 0.792. The highest BCUT2D eigenvalue weighted by Gasteiger charge is 2.19. The first-order chi connectivity index (χ1) is 9.78. The molecule has 0 aliphatic carbocycles. The zero-order valence-electron chi connectivity index (χ0n) is 11.4. The summed E-state index contributed by atoms with van der Waals surface area (Å²) < 4.78 is 0. The number of nitriles is 1. The molecule has 0 unspecified atom stereocenters. The van der Waals surface area contributed by atoms with Crippen LogP contribution in [0.5, 0.6) is 0 Å². The monoisotopic (exact) mass is 265 g/mol. The van der Waals surface area contributed by atoms with Crippen molar-refractivity contribution in [1.29, 1.82) is 5.26 Å². The van der Waals surface area contributed by atoms with Gasteiger partial charge >= 0.3 is 0 Å². The Morgan fingerprint density at radius 2 is 2.10 bits per heavy atom. The van der Waals surface area contributed by atoms with Crippen molar-refractivity contribution in [3.8, 4) is 6.07 Å². The number of hydrogen-bond donors (Lipinski definition) is 0. The Morgan fingerprint density at radius 3 is 2.90 bits per heavy atom. The lowest BCUT2D eigenvalue weighted by Gasteiger charge is -2.23. The molecule has 3 rings (SSSR count). The zero-order valence-corrected chi connectivity index (χ0v) is 11.4. The van der Waals surface area contributed by atoms with Gasteiger partial charge in [0.1, 0.15) is 23.4 Å². The van der Waals surface area contributed by atoms with Crippen molar-refractivity contribution in [2.75, 3.05) is 11.4 Å². The van der Waals surface area contributed by atoms with Crippen molar-refractivity contribution < 1.29 is 0 Å². The lowest BCUT2D eigenvalue weighted by Crippen LogP contribution is -2.20. The van der Waals surface area contributed by atoms with Crippen LogP contribution in [-0.2, 0) is 6.42 Å². The fourth-order valence-electron chi connectivity index (χ4n) is 2.50. The van der Waals surface area contributed by atoms with E-state index in [1.165, 1.54) is 0 Å². The van der Waals surface area contributed by atoms with Gasteiger partial charge in [0.2, 0.25) is 0 Å². The zero-order chi connectivity index (χ0) is 13.9. The average Bonchev–Trinajstić information content (AvgIpc) is 2.68. The number of rotatable bonds is 1. The Balaban J connectivity index is 2.08. The number of anilines is 2. The van der Waals surface area contributed by atoms with Crippen molar-refractivity contribution in [1.82, 2.24) is 15.0 Å². The van der Waals surface area contributed by atoms with Gasteiger partial charge in [-0.3, -0.25) is 0 Å². The normalized spacial score (nSPS) is 14.3. The number of aryl methyl sites for hydroxylation is 2. The van der Waals surface area contributed by atoms with Crippen LogP contribution in [0.15, 0.2) is 24.4 Å². The Bertz CT molecular complexity index is 674. The number of aromatic nitrogens is 3. The molecule has 0 N–H and O–H groups in total. The minimum absolute atomic E-state index is 0.476. The summed E-state index contributed by atoms with van der Waals surface area (Å²) in [5.74, 6) is 1.65. The molecule has 1 aliphatic heterocycles. The minimum Gasteiger partial charge on any atom is -0.325 e. The van der Waals surface area contributed by atoms with E-state index in [4.69, 9.17) is 5.26 Å². The summed E-state index contributed by atoms with van der Waals surface area (Å²) in [5.41, 5.74) is 2.52. The maximum Gasteiger partial charge on any atom is 0.140 e. The van der Waals surface area contributed by atoms with Gasteiger partial charge in [-0.25, -0.2) is 15.0 Å². The molecule has 0 fully saturated rings. The third-order valence-corrected chi connectivity index (χ3v) is 3.44. The molecule has 0 aromatic carbocycles. The van der Waals surface area contributed by atoms with E-state index < -0.39 is 0 Å². The second-order valence-electron chi connectivity index (χ2n) is 4.84. The van der Waals surface area contributed by atoms with E-state index in [9.17, 15) is 0 Å². The molecule has 0 atom stereocenters. The van der Waals surface area contributed by atoms with Gasteiger partial charge < -0.3 is 4.90 Å². The molecule has 0 spiro atoms. The van der Waals surface area contributed by atoms with Crippen LogP contribution >= 0.6 is 0 Å². The van der Waals surface area contributed by atoms with Crippen molar-refractivity contribution in [3.63, 3.8) is 0 Å². The first-order valence-corrected chi connectivity index (χ1v) is 6.75. The molecule has 2 aromatic heterocycles. The smallest absolute Gasteiger partial charge is 0.140 e. The highest BCUT2D eigenvalue weighted by atomic mass is 15.2. The van der Waals surface area contributed by atoms with Crippen molar-refractivity contribution in [2.24, 2.45) is 0 Å². The molecule has 0 bridgehead atoms. The Morgan fingerprint density at radius 1 is 1.20 bits per heavy atom. The fourth-order valence-corrected chi connectivity index (χ4v) is 2.50. The molecule has 1 aliphatic rings. The van der Waals surface area contributed by atoms with Gasteiger partial charge in [-0.1, -0.05) is 0 Å². The van der Waals surface area contributed by atoms with Crippen molar-refractivity contribution in [2.45, 2.75) is 26.2 Å². The number of pyridine rings is 1. The van der Waals surface area contributed by atoms with E-state index >= 15 is 0 Å². The van der Waals surface area contributed by atoms with Gasteiger partial charge in [-0.2, -0.15) is 5.26 Å².